The summed E-state index contributed by atoms with van der Waals surface area (Å²) in [4.78, 5) is 0. The molecule has 0 bridgehead atoms. The van der Waals surface area contributed by atoms with Crippen molar-refractivity contribution >= 4 is 22.0 Å². The summed E-state index contributed by atoms with van der Waals surface area (Å²) in [6.07, 6.45) is 10.1. The van der Waals surface area contributed by atoms with E-state index in [1.54, 1.807) is 54.6 Å². The molecular formula is C29H46ClNO4S. The fourth-order valence-corrected chi connectivity index (χ4v) is 4.92. The van der Waals surface area contributed by atoms with E-state index in [0.717, 1.165) is 0 Å². The quantitative estimate of drug-likeness (QED) is 0.123. The van der Waals surface area contributed by atoms with E-state index in [0.29, 0.717) is 16.1 Å². The highest BCUT2D eigenvalue weighted by Gasteiger charge is 2.24. The smallest absolute Gasteiger partial charge is 0.218 e. The molecule has 0 saturated heterocycles. The lowest BCUT2D eigenvalue weighted by molar-refractivity contribution is -0.929. The van der Waals surface area contributed by atoms with Crippen LogP contribution in [-0.4, -0.2) is 43.6 Å². The van der Waals surface area contributed by atoms with Gasteiger partial charge in [0.25, 0.3) is 0 Å². The van der Waals surface area contributed by atoms with Crippen molar-refractivity contribution in [2.45, 2.75) is 85.2 Å². The highest BCUT2D eigenvalue weighted by molar-refractivity contribution is 7.80. The fourth-order valence-electron chi connectivity index (χ4n) is 4.33. The summed E-state index contributed by atoms with van der Waals surface area (Å²) in [5, 5.41) is 0.514. The van der Waals surface area contributed by atoms with Gasteiger partial charge < -0.3 is 9.04 Å². The van der Waals surface area contributed by atoms with E-state index in [9.17, 15) is 13.0 Å². The van der Waals surface area contributed by atoms with Crippen LogP contribution in [0.3, 0.4) is 0 Å². The lowest BCUT2D eigenvalue weighted by atomic mass is 10.0. The first-order valence-corrected chi connectivity index (χ1v) is 15.2. The summed E-state index contributed by atoms with van der Waals surface area (Å²) < 4.78 is 38.6. The topological polar surface area (TPSA) is 66.4 Å². The van der Waals surface area contributed by atoms with Crippen molar-refractivity contribution in [1.29, 1.82) is 0 Å². The SMILES string of the molecule is CCCC[N+](CCCC)(CCCC)CCCC.O=S(=O)([O-])OC(c1ccccc1)c1ccc(Cl)cc1. The van der Waals surface area contributed by atoms with Crippen LogP contribution < -0.4 is 0 Å². The summed E-state index contributed by atoms with van der Waals surface area (Å²) in [5.41, 5.74) is 1.11. The highest BCUT2D eigenvalue weighted by Crippen LogP contribution is 2.28. The van der Waals surface area contributed by atoms with Gasteiger partial charge in [0.05, 0.1) is 26.2 Å². The van der Waals surface area contributed by atoms with Crippen molar-refractivity contribution in [3.8, 4) is 0 Å². The van der Waals surface area contributed by atoms with Crippen LogP contribution in [0.5, 0.6) is 0 Å². The van der Waals surface area contributed by atoms with Gasteiger partial charge in [0, 0.05) is 5.02 Å². The van der Waals surface area contributed by atoms with Gasteiger partial charge in [0.1, 0.15) is 6.10 Å². The van der Waals surface area contributed by atoms with Crippen LogP contribution in [0.4, 0.5) is 0 Å². The summed E-state index contributed by atoms with van der Waals surface area (Å²) in [5.74, 6) is 0. The standard InChI is InChI=1S/C16H36N.C13H11ClO4S/c1-5-9-13-17(14-10-6-2,15-11-7-3)16-12-8-4;14-12-8-6-11(7-9-12)13(18-19(15,16)17)10-4-2-1-3-5-10/h5-16H2,1-4H3;1-9,13H,(H,15,16,17)/q+1;/p-1. The second-order valence-corrected chi connectivity index (χ2v) is 10.9. The van der Waals surface area contributed by atoms with Gasteiger partial charge in [0.15, 0.2) is 0 Å². The molecule has 0 saturated carbocycles. The van der Waals surface area contributed by atoms with Crippen molar-refractivity contribution in [3.05, 3.63) is 70.7 Å². The van der Waals surface area contributed by atoms with E-state index in [2.05, 4.69) is 31.9 Å². The number of hydrogen-bond acceptors (Lipinski definition) is 4. The first-order valence-electron chi connectivity index (χ1n) is 13.5. The second-order valence-electron chi connectivity index (χ2n) is 9.50. The van der Waals surface area contributed by atoms with Gasteiger partial charge in [0.2, 0.25) is 10.4 Å². The van der Waals surface area contributed by atoms with Crippen molar-refractivity contribution in [2.75, 3.05) is 26.2 Å². The van der Waals surface area contributed by atoms with Gasteiger partial charge >= 0.3 is 0 Å². The Balaban J connectivity index is 0.000000363. The minimum Gasteiger partial charge on any atom is -0.725 e. The Labute approximate surface area is 225 Å². The molecule has 0 spiro atoms. The molecule has 2 aromatic carbocycles. The first kappa shape index (κ1) is 32.6. The van der Waals surface area contributed by atoms with Crippen molar-refractivity contribution in [2.24, 2.45) is 0 Å². The molecule has 2 aromatic rings. The van der Waals surface area contributed by atoms with Crippen molar-refractivity contribution < 1.29 is 21.6 Å². The molecule has 0 fully saturated rings. The molecule has 0 N–H and O–H groups in total. The molecular weight excluding hydrogens is 494 g/mol. The van der Waals surface area contributed by atoms with Crippen LogP contribution in [0.15, 0.2) is 54.6 Å². The molecule has 5 nitrogen and oxygen atoms in total. The molecule has 36 heavy (non-hydrogen) atoms. The Hall–Kier alpha value is -1.44. The van der Waals surface area contributed by atoms with E-state index in [1.807, 2.05) is 0 Å². The first-order chi connectivity index (χ1) is 17.2. The summed E-state index contributed by atoms with van der Waals surface area (Å²) >= 11 is 5.77. The molecule has 0 radical (unpaired) electrons. The van der Waals surface area contributed by atoms with Gasteiger partial charge in [-0.1, -0.05) is 107 Å². The number of halogens is 1. The van der Waals surface area contributed by atoms with Gasteiger partial charge in [-0.05, 0) is 48.9 Å². The third kappa shape index (κ3) is 13.2. The lowest BCUT2D eigenvalue weighted by Crippen LogP contribution is -2.50. The van der Waals surface area contributed by atoms with Crippen molar-refractivity contribution in [3.63, 3.8) is 0 Å². The number of rotatable bonds is 16. The van der Waals surface area contributed by atoms with Gasteiger partial charge in [-0.15, -0.1) is 0 Å². The minimum atomic E-state index is -4.81. The average Bonchev–Trinajstić information content (AvgIpc) is 2.87. The maximum Gasteiger partial charge on any atom is 0.218 e. The van der Waals surface area contributed by atoms with Crippen LogP contribution in [-0.2, 0) is 14.6 Å². The van der Waals surface area contributed by atoms with Crippen LogP contribution in [0.25, 0.3) is 0 Å². The molecule has 7 heteroatoms. The maximum atomic E-state index is 10.9. The molecule has 0 aliphatic heterocycles. The van der Waals surface area contributed by atoms with Crippen LogP contribution in [0.1, 0.15) is 96.3 Å². The van der Waals surface area contributed by atoms with E-state index >= 15 is 0 Å². The zero-order valence-electron chi connectivity index (χ0n) is 22.6. The zero-order chi connectivity index (χ0) is 26.9. The maximum absolute atomic E-state index is 10.9. The Morgan fingerprint density at radius 1 is 0.722 bits per heavy atom. The van der Waals surface area contributed by atoms with E-state index in [-0.39, 0.29) is 0 Å². The van der Waals surface area contributed by atoms with Gasteiger partial charge in [-0.3, -0.25) is 4.18 Å². The molecule has 0 aromatic heterocycles. The molecule has 0 heterocycles. The highest BCUT2D eigenvalue weighted by atomic mass is 35.5. The molecule has 1 atom stereocenters. The van der Waals surface area contributed by atoms with Crippen LogP contribution in [0, 0.1) is 0 Å². The number of quaternary nitrogens is 1. The Kier molecular flexibility index (Phi) is 16.2. The summed E-state index contributed by atoms with van der Waals surface area (Å²) in [6.45, 7) is 15.0. The van der Waals surface area contributed by atoms with Crippen molar-refractivity contribution in [1.82, 2.24) is 0 Å². The molecule has 204 valence electrons. The molecule has 1 unspecified atom stereocenters. The van der Waals surface area contributed by atoms with Crippen LogP contribution >= 0.6 is 11.6 Å². The Morgan fingerprint density at radius 2 is 1.11 bits per heavy atom. The lowest BCUT2D eigenvalue weighted by Gasteiger charge is -2.39. The number of benzene rings is 2. The predicted molar refractivity (Wildman–Crippen MR) is 150 cm³/mol. The number of hydrogen-bond donors (Lipinski definition) is 0. The number of unbranched alkanes of at least 4 members (excludes halogenated alkanes) is 4. The minimum absolute atomic E-state index is 0.514. The summed E-state index contributed by atoms with van der Waals surface area (Å²) in [6, 6.07) is 15.1. The van der Waals surface area contributed by atoms with Crippen LogP contribution in [0.2, 0.25) is 5.02 Å². The Morgan fingerprint density at radius 3 is 1.47 bits per heavy atom. The third-order valence-corrected chi connectivity index (χ3v) is 7.11. The number of nitrogens with zero attached hydrogens (tertiary/aromatic N) is 1. The largest absolute Gasteiger partial charge is 0.725 e. The molecule has 0 aliphatic carbocycles. The second kappa shape index (κ2) is 17.9. The summed E-state index contributed by atoms with van der Waals surface area (Å²) in [7, 11) is -4.81. The predicted octanol–water partition coefficient (Wildman–Crippen LogP) is 7.91. The molecule has 2 rings (SSSR count). The van der Waals surface area contributed by atoms with Gasteiger partial charge in [-0.25, -0.2) is 8.42 Å². The van der Waals surface area contributed by atoms with E-state index in [1.165, 1.54) is 82.0 Å². The van der Waals surface area contributed by atoms with E-state index in [4.69, 9.17) is 11.6 Å². The normalized spacial score (nSPS) is 12.6. The molecule has 0 aliphatic rings. The zero-order valence-corrected chi connectivity index (χ0v) is 24.2. The Bertz CT molecular complexity index is 883. The fraction of sp³-hybridized carbons (Fsp3) is 0.586. The van der Waals surface area contributed by atoms with E-state index < -0.39 is 16.5 Å². The van der Waals surface area contributed by atoms with Gasteiger partial charge in [-0.2, -0.15) is 0 Å². The third-order valence-electron chi connectivity index (χ3n) is 6.43. The monoisotopic (exact) mass is 539 g/mol. The average molecular weight is 540 g/mol. The molecule has 0 amide bonds.